The number of thiophene rings is 1. The smallest absolute Gasteiger partial charge is 0.250 e. The van der Waals surface area contributed by atoms with Gasteiger partial charge in [-0.2, -0.15) is 0 Å². The summed E-state index contributed by atoms with van der Waals surface area (Å²) in [4.78, 5) is 0. The minimum absolute atomic E-state index is 0.0511. The van der Waals surface area contributed by atoms with Gasteiger partial charge in [-0.25, -0.2) is 13.1 Å². The highest BCUT2D eigenvalue weighted by molar-refractivity contribution is 9.11. The van der Waals surface area contributed by atoms with Gasteiger partial charge in [0.25, 0.3) is 0 Å². The van der Waals surface area contributed by atoms with E-state index in [9.17, 15) is 8.42 Å². The van der Waals surface area contributed by atoms with Crippen molar-refractivity contribution in [3.8, 4) is 0 Å². The molecule has 1 saturated carbocycles. The van der Waals surface area contributed by atoms with Crippen LogP contribution in [0.3, 0.4) is 0 Å². The highest BCUT2D eigenvalue weighted by Crippen LogP contribution is 2.35. The molecule has 0 radical (unpaired) electrons. The SMILES string of the molecule is O=S(=O)(NC1CCNC2(CCCCC2)C1)c1ccc(Br)s1. The fourth-order valence-corrected chi connectivity index (χ4v) is 6.88. The van der Waals surface area contributed by atoms with Crippen molar-refractivity contribution in [2.24, 2.45) is 0 Å². The predicted molar refractivity (Wildman–Crippen MR) is 89.2 cm³/mol. The second-order valence-electron chi connectivity index (χ2n) is 6.14. The largest absolute Gasteiger partial charge is 0.311 e. The molecule has 118 valence electrons. The summed E-state index contributed by atoms with van der Waals surface area (Å²) in [5.74, 6) is 0. The second-order valence-corrected chi connectivity index (χ2v) is 10.5. The zero-order valence-electron chi connectivity index (χ0n) is 11.9. The predicted octanol–water partition coefficient (Wildman–Crippen LogP) is 3.24. The van der Waals surface area contributed by atoms with Crippen molar-refractivity contribution in [1.82, 2.24) is 10.0 Å². The Morgan fingerprint density at radius 2 is 2.05 bits per heavy atom. The number of hydrogen-bond donors (Lipinski definition) is 2. The van der Waals surface area contributed by atoms with Gasteiger partial charge < -0.3 is 5.32 Å². The molecule has 2 aliphatic rings. The average molecular weight is 393 g/mol. The molecule has 2 N–H and O–H groups in total. The Bertz CT molecular complexity index is 588. The lowest BCUT2D eigenvalue weighted by Crippen LogP contribution is -2.56. The minimum Gasteiger partial charge on any atom is -0.311 e. The summed E-state index contributed by atoms with van der Waals surface area (Å²) in [7, 11) is -3.38. The third-order valence-corrected chi connectivity index (χ3v) is 8.21. The van der Waals surface area contributed by atoms with Gasteiger partial charge in [0.2, 0.25) is 10.0 Å². The first-order chi connectivity index (χ1) is 9.99. The van der Waals surface area contributed by atoms with Crippen LogP contribution >= 0.6 is 27.3 Å². The van der Waals surface area contributed by atoms with E-state index >= 15 is 0 Å². The Kier molecular flexibility index (Phi) is 4.76. The second kappa shape index (κ2) is 6.28. The Balaban J connectivity index is 1.69. The van der Waals surface area contributed by atoms with E-state index in [1.54, 1.807) is 12.1 Å². The van der Waals surface area contributed by atoms with Crippen molar-refractivity contribution in [2.75, 3.05) is 6.54 Å². The molecule has 2 fully saturated rings. The number of hydrogen-bond acceptors (Lipinski definition) is 4. The molecule has 1 aromatic heterocycles. The molecule has 1 aromatic rings. The fraction of sp³-hybridized carbons (Fsp3) is 0.714. The van der Waals surface area contributed by atoms with Crippen molar-refractivity contribution in [3.05, 3.63) is 15.9 Å². The number of piperidine rings is 1. The summed E-state index contributed by atoms with van der Waals surface area (Å²) in [5.41, 5.74) is 0.166. The maximum atomic E-state index is 12.4. The minimum atomic E-state index is -3.38. The van der Waals surface area contributed by atoms with Crippen LogP contribution in [0.15, 0.2) is 20.1 Å². The number of nitrogens with one attached hydrogen (secondary N) is 2. The number of sulfonamides is 1. The van der Waals surface area contributed by atoms with E-state index in [-0.39, 0.29) is 11.6 Å². The Morgan fingerprint density at radius 1 is 1.29 bits per heavy atom. The summed E-state index contributed by atoms with van der Waals surface area (Å²) in [5, 5.41) is 3.65. The molecule has 3 rings (SSSR count). The van der Waals surface area contributed by atoms with E-state index in [1.807, 2.05) is 0 Å². The molecule has 1 spiro atoms. The molecule has 1 atom stereocenters. The quantitative estimate of drug-likeness (QED) is 0.829. The Hall–Kier alpha value is 0.0500. The molecule has 21 heavy (non-hydrogen) atoms. The molecule has 0 amide bonds. The first-order valence-corrected chi connectivity index (χ1v) is 10.6. The summed E-state index contributed by atoms with van der Waals surface area (Å²) >= 11 is 4.58. The molecule has 4 nitrogen and oxygen atoms in total. The van der Waals surface area contributed by atoms with E-state index in [0.717, 1.165) is 23.2 Å². The molecule has 1 aliphatic carbocycles. The summed E-state index contributed by atoms with van der Waals surface area (Å²) in [6.07, 6.45) is 7.95. The van der Waals surface area contributed by atoms with Crippen molar-refractivity contribution in [1.29, 1.82) is 0 Å². The van der Waals surface area contributed by atoms with Gasteiger partial charge in [0.15, 0.2) is 0 Å². The van der Waals surface area contributed by atoms with Gasteiger partial charge in [-0.05, 0) is 60.3 Å². The van der Waals surface area contributed by atoms with Crippen LogP contribution in [-0.4, -0.2) is 26.5 Å². The molecule has 0 aromatic carbocycles. The van der Waals surface area contributed by atoms with E-state index in [0.29, 0.717) is 4.21 Å². The van der Waals surface area contributed by atoms with Gasteiger partial charge in [-0.15, -0.1) is 11.3 Å². The highest BCUT2D eigenvalue weighted by atomic mass is 79.9. The molecular weight excluding hydrogens is 372 g/mol. The van der Waals surface area contributed by atoms with Gasteiger partial charge in [-0.1, -0.05) is 19.3 Å². The van der Waals surface area contributed by atoms with E-state index in [4.69, 9.17) is 0 Å². The molecule has 1 saturated heterocycles. The zero-order chi connectivity index (χ0) is 14.9. The third kappa shape index (κ3) is 3.69. The lowest BCUT2D eigenvalue weighted by Gasteiger charge is -2.44. The van der Waals surface area contributed by atoms with Gasteiger partial charge in [0.1, 0.15) is 4.21 Å². The standard InChI is InChI=1S/C14H21BrN2O2S2/c15-12-4-5-13(20-12)21(18,19)17-11-6-9-16-14(10-11)7-2-1-3-8-14/h4-5,11,16-17H,1-3,6-10H2. The Morgan fingerprint density at radius 3 is 2.71 bits per heavy atom. The molecule has 2 heterocycles. The van der Waals surface area contributed by atoms with Crippen LogP contribution < -0.4 is 10.0 Å². The van der Waals surface area contributed by atoms with Gasteiger partial charge in [0.05, 0.1) is 3.79 Å². The first-order valence-electron chi connectivity index (χ1n) is 7.52. The molecule has 7 heteroatoms. The van der Waals surface area contributed by atoms with Crippen LogP contribution in [0.25, 0.3) is 0 Å². The van der Waals surface area contributed by atoms with Crippen molar-refractivity contribution >= 4 is 37.3 Å². The van der Waals surface area contributed by atoms with Crippen LogP contribution in [0, 0.1) is 0 Å². The lowest BCUT2D eigenvalue weighted by atomic mass is 9.75. The van der Waals surface area contributed by atoms with Gasteiger partial charge in [0, 0.05) is 11.6 Å². The van der Waals surface area contributed by atoms with E-state index in [1.165, 1.54) is 43.4 Å². The van der Waals surface area contributed by atoms with E-state index < -0.39 is 10.0 Å². The molecule has 1 aliphatic heterocycles. The first kappa shape index (κ1) is 15.9. The number of rotatable bonds is 3. The molecule has 1 unspecified atom stereocenters. The lowest BCUT2D eigenvalue weighted by molar-refractivity contribution is 0.165. The summed E-state index contributed by atoms with van der Waals surface area (Å²) < 4.78 is 29.0. The monoisotopic (exact) mass is 392 g/mol. The highest BCUT2D eigenvalue weighted by Gasteiger charge is 2.38. The third-order valence-electron chi connectivity index (χ3n) is 4.58. The zero-order valence-corrected chi connectivity index (χ0v) is 15.1. The maximum absolute atomic E-state index is 12.4. The van der Waals surface area contributed by atoms with Crippen molar-refractivity contribution in [2.45, 2.75) is 60.7 Å². The van der Waals surface area contributed by atoms with Crippen LogP contribution in [0.2, 0.25) is 0 Å². The topological polar surface area (TPSA) is 58.2 Å². The van der Waals surface area contributed by atoms with Gasteiger partial charge >= 0.3 is 0 Å². The summed E-state index contributed by atoms with van der Waals surface area (Å²) in [6, 6.07) is 3.49. The fourth-order valence-electron chi connectivity index (χ4n) is 3.59. The summed E-state index contributed by atoms with van der Waals surface area (Å²) in [6.45, 7) is 0.904. The van der Waals surface area contributed by atoms with Crippen molar-refractivity contribution in [3.63, 3.8) is 0 Å². The van der Waals surface area contributed by atoms with E-state index in [2.05, 4.69) is 26.0 Å². The maximum Gasteiger partial charge on any atom is 0.250 e. The van der Waals surface area contributed by atoms with Crippen LogP contribution in [-0.2, 0) is 10.0 Å². The van der Waals surface area contributed by atoms with Crippen LogP contribution in [0.4, 0.5) is 0 Å². The van der Waals surface area contributed by atoms with Crippen LogP contribution in [0.5, 0.6) is 0 Å². The average Bonchev–Trinajstić information content (AvgIpc) is 2.87. The molecular formula is C14H21BrN2O2S2. The normalized spacial score (nSPS) is 26.0. The van der Waals surface area contributed by atoms with Crippen LogP contribution in [0.1, 0.15) is 44.9 Å². The molecule has 0 bridgehead atoms. The van der Waals surface area contributed by atoms with Crippen molar-refractivity contribution < 1.29 is 8.42 Å². The number of halogens is 1. The van der Waals surface area contributed by atoms with Gasteiger partial charge in [-0.3, -0.25) is 0 Å². The Labute approximate surface area is 138 Å².